The van der Waals surface area contributed by atoms with Crippen LogP contribution in [0.5, 0.6) is 0 Å². The molecule has 128 valence electrons. The molecule has 3 heterocycles. The van der Waals surface area contributed by atoms with Gasteiger partial charge in [-0.25, -0.2) is 4.79 Å². The molecule has 0 radical (unpaired) electrons. The third kappa shape index (κ3) is 2.43. The number of urea groups is 1. The Labute approximate surface area is 132 Å². The van der Waals surface area contributed by atoms with Gasteiger partial charge in [0.1, 0.15) is 30.5 Å². The lowest BCUT2D eigenvalue weighted by Crippen LogP contribution is -2.73. The highest BCUT2D eigenvalue weighted by molar-refractivity contribution is 6.00. The van der Waals surface area contributed by atoms with E-state index in [0.717, 1.165) is 0 Å². The summed E-state index contributed by atoms with van der Waals surface area (Å²) in [6.07, 6.45) is -5.29. The van der Waals surface area contributed by atoms with Crippen LogP contribution in [0.15, 0.2) is 11.4 Å². The lowest BCUT2D eigenvalue weighted by atomic mass is 10.0. The molecule has 3 unspecified atom stereocenters. The van der Waals surface area contributed by atoms with Crippen molar-refractivity contribution in [1.29, 1.82) is 0 Å². The van der Waals surface area contributed by atoms with Gasteiger partial charge in [-0.05, 0) is 13.8 Å². The topological polar surface area (TPSA) is 143 Å². The van der Waals surface area contributed by atoms with E-state index in [1.54, 1.807) is 18.7 Å². The first kappa shape index (κ1) is 16.0. The number of amides is 3. The molecule has 0 saturated carbocycles. The zero-order chi connectivity index (χ0) is 16.9. The van der Waals surface area contributed by atoms with Crippen LogP contribution in [0.4, 0.5) is 4.79 Å². The van der Waals surface area contributed by atoms with Crippen molar-refractivity contribution in [3.05, 3.63) is 11.4 Å². The fourth-order valence-electron chi connectivity index (χ4n) is 3.16. The average Bonchev–Trinajstić information content (AvgIpc) is 2.77. The molecule has 10 heteroatoms. The second kappa shape index (κ2) is 5.64. The number of ether oxygens (including phenoxy) is 1. The smallest absolute Gasteiger partial charge is 0.323 e. The zero-order valence-corrected chi connectivity index (χ0v) is 12.7. The molecule has 0 spiro atoms. The van der Waals surface area contributed by atoms with E-state index in [9.17, 15) is 24.9 Å². The molecule has 6 N–H and O–H groups in total. The van der Waals surface area contributed by atoms with E-state index in [-0.39, 0.29) is 0 Å². The van der Waals surface area contributed by atoms with Crippen molar-refractivity contribution < 1.29 is 29.6 Å². The number of rotatable bonds is 2. The molecular weight excluding hydrogens is 308 g/mol. The van der Waals surface area contributed by atoms with Gasteiger partial charge in [-0.3, -0.25) is 10.1 Å². The Bertz CT molecular complexity index is 567. The van der Waals surface area contributed by atoms with Crippen LogP contribution in [0, 0.1) is 0 Å². The Morgan fingerprint density at radius 2 is 1.87 bits per heavy atom. The van der Waals surface area contributed by atoms with E-state index in [4.69, 9.17) is 4.74 Å². The predicted molar refractivity (Wildman–Crippen MR) is 75.4 cm³/mol. The maximum Gasteiger partial charge on any atom is 0.323 e. The highest BCUT2D eigenvalue weighted by Crippen LogP contribution is 2.32. The minimum absolute atomic E-state index is 0.455. The number of fused-ring (bicyclic) bond motifs is 1. The van der Waals surface area contributed by atoms with E-state index in [0.29, 0.717) is 11.4 Å². The summed E-state index contributed by atoms with van der Waals surface area (Å²) in [5.41, 5.74) is 1.33. The molecule has 23 heavy (non-hydrogen) atoms. The normalized spacial score (nSPS) is 40.5. The number of imide groups is 1. The Morgan fingerprint density at radius 3 is 2.48 bits per heavy atom. The minimum Gasteiger partial charge on any atom is -0.394 e. The first-order valence-corrected chi connectivity index (χ1v) is 7.31. The summed E-state index contributed by atoms with van der Waals surface area (Å²) >= 11 is 0. The number of nitrogens with zero attached hydrogens (tertiary/aromatic N) is 1. The summed E-state index contributed by atoms with van der Waals surface area (Å²) in [5, 5.41) is 37.2. The van der Waals surface area contributed by atoms with Crippen LogP contribution in [0.25, 0.3) is 0 Å². The van der Waals surface area contributed by atoms with Crippen LogP contribution >= 0.6 is 0 Å². The van der Waals surface area contributed by atoms with Crippen molar-refractivity contribution in [1.82, 2.24) is 20.9 Å². The Balaban J connectivity index is 1.96. The first-order chi connectivity index (χ1) is 10.8. The summed E-state index contributed by atoms with van der Waals surface area (Å²) < 4.78 is 5.54. The number of hydrogen-bond donors (Lipinski definition) is 6. The molecule has 0 bridgehead atoms. The van der Waals surface area contributed by atoms with Crippen molar-refractivity contribution in [3.8, 4) is 0 Å². The molecule has 3 aliphatic rings. The van der Waals surface area contributed by atoms with Gasteiger partial charge < -0.3 is 35.6 Å². The van der Waals surface area contributed by atoms with E-state index in [2.05, 4.69) is 16.0 Å². The fraction of sp³-hybridized carbons (Fsp3) is 0.692. The van der Waals surface area contributed by atoms with Crippen molar-refractivity contribution in [2.45, 2.75) is 50.6 Å². The maximum atomic E-state index is 12.0. The molecule has 3 rings (SSSR count). The third-order valence-electron chi connectivity index (χ3n) is 4.51. The number of nitrogens with one attached hydrogen (secondary N) is 3. The van der Waals surface area contributed by atoms with Crippen LogP contribution < -0.4 is 16.0 Å². The van der Waals surface area contributed by atoms with E-state index >= 15 is 0 Å². The lowest BCUT2D eigenvalue weighted by molar-refractivity contribution is -0.134. The second-order valence-electron chi connectivity index (χ2n) is 5.88. The number of carbonyl (C=O) groups is 2. The molecule has 10 nitrogen and oxygen atoms in total. The third-order valence-corrected chi connectivity index (χ3v) is 4.51. The predicted octanol–water partition coefficient (Wildman–Crippen LogP) is -2.88. The van der Waals surface area contributed by atoms with Crippen LogP contribution in [-0.4, -0.2) is 75.5 Å². The summed E-state index contributed by atoms with van der Waals surface area (Å²) in [5.74, 6) is -0.498. The molecule has 0 aliphatic carbocycles. The molecule has 3 amide bonds. The Kier molecular flexibility index (Phi) is 3.92. The zero-order valence-electron chi connectivity index (χ0n) is 12.7. The van der Waals surface area contributed by atoms with Gasteiger partial charge in [-0.2, -0.15) is 0 Å². The van der Waals surface area contributed by atoms with Gasteiger partial charge in [0.15, 0.2) is 6.23 Å². The first-order valence-electron chi connectivity index (χ1n) is 7.31. The summed E-state index contributed by atoms with van der Waals surface area (Å²) in [7, 11) is 0. The average molecular weight is 328 g/mol. The number of hydrogen-bond acceptors (Lipinski definition) is 8. The van der Waals surface area contributed by atoms with Crippen molar-refractivity contribution in [3.63, 3.8) is 0 Å². The summed E-state index contributed by atoms with van der Waals surface area (Å²) in [6, 6.07) is -1.42. The van der Waals surface area contributed by atoms with Crippen molar-refractivity contribution in [2.75, 3.05) is 6.61 Å². The minimum atomic E-state index is -1.30. The standard InChI is InChI=1S/C13H20N4O6/c1-4-5(2)17(12-9(20)8(19)6(3-18)23-12)10-7(14-4)11(21)16-13(22)15-10/h6-10,12,14,18-20H,3H2,1-2H3,(H2,15,16,21,22)/t6-,7?,8-,9-,10?,12?/m1/s1. The molecular formula is C13H20N4O6. The van der Waals surface area contributed by atoms with Crippen molar-refractivity contribution >= 4 is 11.9 Å². The number of aliphatic hydroxyl groups is 3. The summed E-state index contributed by atoms with van der Waals surface area (Å²) in [4.78, 5) is 25.2. The van der Waals surface area contributed by atoms with Gasteiger partial charge in [-0.1, -0.05) is 0 Å². The number of aliphatic hydroxyl groups excluding tert-OH is 3. The molecule has 0 aromatic heterocycles. The molecule has 6 atom stereocenters. The Hall–Kier alpha value is -1.88. The summed E-state index contributed by atoms with van der Waals surface area (Å²) in [6.45, 7) is 3.04. The van der Waals surface area contributed by atoms with E-state index in [1.807, 2.05) is 0 Å². The van der Waals surface area contributed by atoms with Gasteiger partial charge in [0.05, 0.1) is 6.61 Å². The van der Waals surface area contributed by atoms with Crippen molar-refractivity contribution in [2.24, 2.45) is 0 Å². The largest absolute Gasteiger partial charge is 0.394 e. The van der Waals surface area contributed by atoms with Gasteiger partial charge in [0.2, 0.25) is 0 Å². The molecule has 0 aromatic carbocycles. The second-order valence-corrected chi connectivity index (χ2v) is 5.88. The van der Waals surface area contributed by atoms with E-state index < -0.39 is 55.3 Å². The fourth-order valence-corrected chi connectivity index (χ4v) is 3.16. The SMILES string of the molecule is CC1=C(C)N(C2O[C@H](CO)[C@@H](O)[C@H]2O)C2NC(=O)NC(=O)C2N1. The number of allylic oxidation sites excluding steroid dienone is 2. The molecule has 2 fully saturated rings. The Morgan fingerprint density at radius 1 is 1.17 bits per heavy atom. The molecule has 2 saturated heterocycles. The number of carbonyl (C=O) groups excluding carboxylic acids is 2. The molecule has 3 aliphatic heterocycles. The van der Waals surface area contributed by atoms with Crippen LogP contribution in [0.2, 0.25) is 0 Å². The highest BCUT2D eigenvalue weighted by Gasteiger charge is 2.52. The quantitative estimate of drug-likeness (QED) is 0.317. The lowest BCUT2D eigenvalue weighted by Gasteiger charge is -2.48. The van der Waals surface area contributed by atoms with E-state index in [1.165, 1.54) is 0 Å². The molecule has 0 aromatic rings. The van der Waals surface area contributed by atoms with Gasteiger partial charge in [-0.15, -0.1) is 0 Å². The monoisotopic (exact) mass is 328 g/mol. The maximum absolute atomic E-state index is 12.0. The van der Waals surface area contributed by atoms with Gasteiger partial charge >= 0.3 is 6.03 Å². The van der Waals surface area contributed by atoms with Gasteiger partial charge in [0, 0.05) is 11.4 Å². The van der Waals surface area contributed by atoms with Crippen LogP contribution in [0.1, 0.15) is 13.8 Å². The van der Waals surface area contributed by atoms with Crippen LogP contribution in [-0.2, 0) is 9.53 Å². The highest BCUT2D eigenvalue weighted by atomic mass is 16.6. The van der Waals surface area contributed by atoms with Crippen LogP contribution in [0.3, 0.4) is 0 Å². The van der Waals surface area contributed by atoms with Gasteiger partial charge in [0.25, 0.3) is 5.91 Å².